The van der Waals surface area contributed by atoms with Crippen molar-refractivity contribution in [3.8, 4) is 0 Å². The molecule has 0 saturated heterocycles. The van der Waals surface area contributed by atoms with Crippen LogP contribution in [-0.4, -0.2) is 23.6 Å². The minimum Gasteiger partial charge on any atom is -0.445 e. The number of amides is 1. The fourth-order valence-electron chi connectivity index (χ4n) is 0.605. The average Bonchev–Trinajstić information content (AvgIpc) is 2.00. The van der Waals surface area contributed by atoms with Crippen LogP contribution < -0.4 is 5.32 Å². The summed E-state index contributed by atoms with van der Waals surface area (Å²) in [5, 5.41) is 2.72. The molecular formula is C9H15BrFNO2. The number of hydrogen-bond donors (Lipinski definition) is 1. The van der Waals surface area contributed by atoms with Gasteiger partial charge in [0, 0.05) is 5.54 Å². The molecule has 0 radical (unpaired) electrons. The highest BCUT2D eigenvalue weighted by molar-refractivity contribution is 9.09. The summed E-state index contributed by atoms with van der Waals surface area (Å²) in [7, 11) is 0. The lowest BCUT2D eigenvalue weighted by Crippen LogP contribution is -2.40. The van der Waals surface area contributed by atoms with Crippen LogP contribution in [-0.2, 0) is 4.74 Å². The third-order valence-corrected chi connectivity index (χ3v) is 1.66. The van der Waals surface area contributed by atoms with E-state index in [1.807, 2.05) is 20.8 Å². The van der Waals surface area contributed by atoms with Crippen molar-refractivity contribution in [2.45, 2.75) is 26.3 Å². The molecular weight excluding hydrogens is 253 g/mol. The molecule has 0 aliphatic rings. The van der Waals surface area contributed by atoms with Crippen LogP contribution in [0.25, 0.3) is 0 Å². The topological polar surface area (TPSA) is 38.3 Å². The molecule has 0 aromatic heterocycles. The maximum Gasteiger partial charge on any atom is 0.407 e. The van der Waals surface area contributed by atoms with E-state index in [1.54, 1.807) is 0 Å². The first-order chi connectivity index (χ1) is 6.35. The van der Waals surface area contributed by atoms with Crippen molar-refractivity contribution in [2.75, 3.05) is 11.9 Å². The molecule has 0 saturated carbocycles. The van der Waals surface area contributed by atoms with Crippen LogP contribution in [0.15, 0.2) is 11.9 Å². The van der Waals surface area contributed by atoms with Crippen LogP contribution in [0, 0.1) is 0 Å². The molecule has 1 N–H and O–H groups in total. The molecule has 82 valence electrons. The van der Waals surface area contributed by atoms with Crippen molar-refractivity contribution < 1.29 is 13.9 Å². The zero-order chi connectivity index (χ0) is 11.2. The second-order valence-corrected chi connectivity index (χ2v) is 4.32. The van der Waals surface area contributed by atoms with Crippen molar-refractivity contribution in [1.82, 2.24) is 5.32 Å². The number of halogens is 2. The number of alkyl halides is 1. The Hall–Kier alpha value is -0.580. The third kappa shape index (κ3) is 8.04. The second-order valence-electron chi connectivity index (χ2n) is 3.76. The first kappa shape index (κ1) is 13.4. The van der Waals surface area contributed by atoms with E-state index in [0.717, 1.165) is 0 Å². The van der Waals surface area contributed by atoms with Gasteiger partial charge in [-0.05, 0) is 26.8 Å². The third-order valence-electron chi connectivity index (χ3n) is 1.12. The summed E-state index contributed by atoms with van der Waals surface area (Å²) >= 11 is 2.93. The van der Waals surface area contributed by atoms with Crippen LogP contribution in [0.1, 0.15) is 20.8 Å². The van der Waals surface area contributed by atoms with E-state index in [9.17, 15) is 9.18 Å². The monoisotopic (exact) mass is 267 g/mol. The smallest absolute Gasteiger partial charge is 0.407 e. The van der Waals surface area contributed by atoms with Crippen LogP contribution in [0.2, 0.25) is 0 Å². The quantitative estimate of drug-likeness (QED) is 0.799. The molecule has 0 fully saturated rings. The molecule has 0 aromatic carbocycles. The molecule has 0 bridgehead atoms. The second kappa shape index (κ2) is 6.01. The van der Waals surface area contributed by atoms with E-state index in [4.69, 9.17) is 4.74 Å². The summed E-state index contributed by atoms with van der Waals surface area (Å²) in [6, 6.07) is 0. The zero-order valence-corrected chi connectivity index (χ0v) is 10.1. The van der Waals surface area contributed by atoms with Crippen LogP contribution in [0.4, 0.5) is 9.18 Å². The maximum atomic E-state index is 12.5. The minimum atomic E-state index is -0.545. The Morgan fingerprint density at radius 1 is 1.57 bits per heavy atom. The van der Waals surface area contributed by atoms with Gasteiger partial charge in [0.2, 0.25) is 0 Å². The summed E-state index contributed by atoms with van der Waals surface area (Å²) in [6.45, 7) is 5.45. The maximum absolute atomic E-state index is 12.5. The molecule has 5 heteroatoms. The van der Waals surface area contributed by atoms with Crippen molar-refractivity contribution in [1.29, 1.82) is 0 Å². The highest BCUT2D eigenvalue weighted by Gasteiger charge is 2.13. The van der Waals surface area contributed by atoms with Gasteiger partial charge in [-0.25, -0.2) is 9.18 Å². The Morgan fingerprint density at radius 3 is 2.57 bits per heavy atom. The number of ether oxygens (including phenoxy) is 1. The van der Waals surface area contributed by atoms with Gasteiger partial charge in [-0.3, -0.25) is 0 Å². The highest BCUT2D eigenvalue weighted by atomic mass is 79.9. The van der Waals surface area contributed by atoms with Gasteiger partial charge in [0.25, 0.3) is 0 Å². The Labute approximate surface area is 91.8 Å². The first-order valence-corrected chi connectivity index (χ1v) is 5.33. The largest absolute Gasteiger partial charge is 0.445 e. The van der Waals surface area contributed by atoms with E-state index in [0.29, 0.717) is 0 Å². The van der Waals surface area contributed by atoms with Crippen LogP contribution >= 0.6 is 15.9 Å². The van der Waals surface area contributed by atoms with Gasteiger partial charge >= 0.3 is 6.09 Å². The number of carbonyl (C=O) groups is 1. The summed E-state index contributed by atoms with van der Waals surface area (Å²) < 4.78 is 17.2. The standard InChI is InChI=1S/C9H15BrFNO2/c1-9(2,3)12-8(13)14-5-4-7(11)6-10/h4H,5-6H2,1-3H3,(H,12,13). The molecule has 14 heavy (non-hydrogen) atoms. The Balaban J connectivity index is 3.76. The molecule has 0 aromatic rings. The van der Waals surface area contributed by atoms with Crippen molar-refractivity contribution in [3.63, 3.8) is 0 Å². The molecule has 0 aliphatic carbocycles. The molecule has 0 heterocycles. The normalized spacial score (nSPS) is 12.5. The van der Waals surface area contributed by atoms with Gasteiger partial charge in [-0.2, -0.15) is 0 Å². The summed E-state index contributed by atoms with van der Waals surface area (Å²) in [4.78, 5) is 11.0. The summed E-state index contributed by atoms with van der Waals surface area (Å²) in [5.41, 5.74) is -0.339. The summed E-state index contributed by atoms with van der Waals surface area (Å²) in [5.74, 6) is -0.353. The lowest BCUT2D eigenvalue weighted by Gasteiger charge is -2.19. The Bertz CT molecular complexity index is 223. The molecule has 1 amide bonds. The zero-order valence-electron chi connectivity index (χ0n) is 8.56. The molecule has 0 aliphatic heterocycles. The van der Waals surface area contributed by atoms with Gasteiger partial charge < -0.3 is 10.1 Å². The number of allylic oxidation sites excluding steroid dienone is 1. The Morgan fingerprint density at radius 2 is 2.14 bits per heavy atom. The van der Waals surface area contributed by atoms with E-state index >= 15 is 0 Å². The molecule has 3 nitrogen and oxygen atoms in total. The van der Waals surface area contributed by atoms with Crippen molar-refractivity contribution in [2.24, 2.45) is 0 Å². The van der Waals surface area contributed by atoms with Crippen molar-refractivity contribution in [3.05, 3.63) is 11.9 Å². The SMILES string of the molecule is CC(C)(C)NC(=O)OCC=C(F)CBr. The van der Waals surface area contributed by atoms with E-state index in [2.05, 4.69) is 21.2 Å². The van der Waals surface area contributed by atoms with E-state index < -0.39 is 6.09 Å². The van der Waals surface area contributed by atoms with Crippen molar-refractivity contribution >= 4 is 22.0 Å². The number of nitrogens with one attached hydrogen (secondary N) is 1. The fraction of sp³-hybridized carbons (Fsp3) is 0.667. The number of carbonyl (C=O) groups excluding carboxylic acids is 1. The lowest BCUT2D eigenvalue weighted by atomic mass is 10.1. The average molecular weight is 268 g/mol. The molecule has 0 unspecified atom stereocenters. The van der Waals surface area contributed by atoms with Crippen LogP contribution in [0.5, 0.6) is 0 Å². The van der Waals surface area contributed by atoms with Gasteiger partial charge in [0.05, 0.1) is 5.33 Å². The highest BCUT2D eigenvalue weighted by Crippen LogP contribution is 2.01. The molecule has 0 spiro atoms. The predicted molar refractivity (Wildman–Crippen MR) is 57.2 cm³/mol. The van der Waals surface area contributed by atoms with Gasteiger partial charge in [-0.1, -0.05) is 15.9 Å². The Kier molecular flexibility index (Phi) is 5.76. The first-order valence-electron chi connectivity index (χ1n) is 4.20. The lowest BCUT2D eigenvalue weighted by molar-refractivity contribution is 0.148. The van der Waals surface area contributed by atoms with Gasteiger partial charge in [0.15, 0.2) is 0 Å². The van der Waals surface area contributed by atoms with E-state index in [1.165, 1.54) is 6.08 Å². The molecule has 0 rings (SSSR count). The number of alkyl carbamates (subject to hydrolysis) is 1. The predicted octanol–water partition coefficient (Wildman–Crippen LogP) is 2.76. The van der Waals surface area contributed by atoms with Gasteiger partial charge in [0.1, 0.15) is 12.4 Å². The van der Waals surface area contributed by atoms with Crippen LogP contribution in [0.3, 0.4) is 0 Å². The van der Waals surface area contributed by atoms with E-state index in [-0.39, 0.29) is 23.3 Å². The molecule has 0 atom stereocenters. The minimum absolute atomic E-state index is 0.0562. The summed E-state index contributed by atoms with van der Waals surface area (Å²) in [6.07, 6.45) is 0.660. The van der Waals surface area contributed by atoms with Gasteiger partial charge in [-0.15, -0.1) is 0 Å². The number of rotatable bonds is 3. The fourth-order valence-corrected chi connectivity index (χ4v) is 0.834. The number of hydrogen-bond acceptors (Lipinski definition) is 2.